The van der Waals surface area contributed by atoms with Crippen molar-refractivity contribution >= 4 is 23.1 Å². The van der Waals surface area contributed by atoms with Gasteiger partial charge in [-0.05, 0) is 54.3 Å². The fourth-order valence-corrected chi connectivity index (χ4v) is 4.07. The van der Waals surface area contributed by atoms with Gasteiger partial charge in [0.05, 0.1) is 23.9 Å². The molecule has 1 amide bonds. The van der Waals surface area contributed by atoms with Crippen LogP contribution in [0.15, 0.2) is 78.4 Å². The molecule has 1 fully saturated rings. The van der Waals surface area contributed by atoms with Crippen molar-refractivity contribution in [2.75, 3.05) is 11.5 Å². The summed E-state index contributed by atoms with van der Waals surface area (Å²) in [6, 6.07) is 19.6. The maximum Gasteiger partial charge on any atom is 0.300 e. The molecule has 1 atom stereocenters. The van der Waals surface area contributed by atoms with Crippen molar-refractivity contribution in [1.82, 2.24) is 0 Å². The third-order valence-electron chi connectivity index (χ3n) is 5.72. The number of aromatic hydroxyl groups is 1. The molecule has 6 heteroatoms. The van der Waals surface area contributed by atoms with E-state index in [0.717, 1.165) is 5.56 Å². The summed E-state index contributed by atoms with van der Waals surface area (Å²) in [4.78, 5) is 27.6. The number of ether oxygens (including phenoxy) is 1. The zero-order valence-electron chi connectivity index (χ0n) is 19.4. The van der Waals surface area contributed by atoms with Crippen LogP contribution in [-0.2, 0) is 9.59 Å². The van der Waals surface area contributed by atoms with Crippen LogP contribution in [0.5, 0.6) is 11.5 Å². The number of phenolic OH excluding ortho intramolecular Hbond substituents is 1. The van der Waals surface area contributed by atoms with Crippen LogP contribution in [0.25, 0.3) is 5.76 Å². The Morgan fingerprint density at radius 2 is 1.68 bits per heavy atom. The first-order valence-electron chi connectivity index (χ1n) is 11.2. The van der Waals surface area contributed by atoms with Crippen LogP contribution in [0.3, 0.4) is 0 Å². The van der Waals surface area contributed by atoms with E-state index in [9.17, 15) is 19.8 Å². The summed E-state index contributed by atoms with van der Waals surface area (Å²) in [5.41, 5.74) is 2.02. The van der Waals surface area contributed by atoms with Gasteiger partial charge in [-0.1, -0.05) is 56.3 Å². The number of benzene rings is 3. The molecule has 0 bridgehead atoms. The Morgan fingerprint density at radius 1 is 1.00 bits per heavy atom. The van der Waals surface area contributed by atoms with Gasteiger partial charge in [0.15, 0.2) is 0 Å². The van der Waals surface area contributed by atoms with Gasteiger partial charge in [-0.2, -0.15) is 0 Å². The third-order valence-corrected chi connectivity index (χ3v) is 5.72. The number of carbonyl (C=O) groups is 2. The molecular formula is C28H27NO5. The van der Waals surface area contributed by atoms with Crippen LogP contribution in [0.4, 0.5) is 5.69 Å². The highest BCUT2D eigenvalue weighted by Crippen LogP contribution is 2.44. The number of amides is 1. The van der Waals surface area contributed by atoms with Crippen LogP contribution in [0, 0.1) is 12.8 Å². The summed E-state index contributed by atoms with van der Waals surface area (Å²) in [6.45, 7) is 6.54. The van der Waals surface area contributed by atoms with Gasteiger partial charge < -0.3 is 14.9 Å². The second-order valence-corrected chi connectivity index (χ2v) is 8.75. The predicted octanol–water partition coefficient (Wildman–Crippen LogP) is 5.36. The first kappa shape index (κ1) is 23.1. The summed E-state index contributed by atoms with van der Waals surface area (Å²) in [6.07, 6.45) is 0. The minimum absolute atomic E-state index is 0.0327. The quantitative estimate of drug-likeness (QED) is 0.296. The Balaban J connectivity index is 1.85. The number of nitrogens with zero attached hydrogens (tertiary/aromatic N) is 1. The molecule has 6 nitrogen and oxygen atoms in total. The molecule has 0 aromatic heterocycles. The number of aliphatic hydroxyl groups excluding tert-OH is 1. The van der Waals surface area contributed by atoms with Crippen molar-refractivity contribution < 1.29 is 24.5 Å². The number of rotatable bonds is 6. The van der Waals surface area contributed by atoms with E-state index in [0.29, 0.717) is 29.4 Å². The summed E-state index contributed by atoms with van der Waals surface area (Å²) in [5, 5.41) is 21.7. The number of anilines is 1. The molecule has 0 spiro atoms. The van der Waals surface area contributed by atoms with Crippen molar-refractivity contribution in [3.63, 3.8) is 0 Å². The van der Waals surface area contributed by atoms with Crippen LogP contribution in [0.1, 0.15) is 36.6 Å². The molecule has 2 N–H and O–H groups in total. The van der Waals surface area contributed by atoms with Gasteiger partial charge in [-0.25, -0.2) is 0 Å². The van der Waals surface area contributed by atoms with E-state index in [-0.39, 0.29) is 22.8 Å². The van der Waals surface area contributed by atoms with Crippen LogP contribution >= 0.6 is 0 Å². The van der Waals surface area contributed by atoms with Gasteiger partial charge in [0.25, 0.3) is 11.7 Å². The highest BCUT2D eigenvalue weighted by atomic mass is 16.5. The summed E-state index contributed by atoms with van der Waals surface area (Å²) in [5.74, 6) is -0.974. The molecule has 34 heavy (non-hydrogen) atoms. The first-order chi connectivity index (χ1) is 16.3. The standard InChI is InChI=1S/C28H27NO5/c1-17(2)16-34-23-14-13-20(15-18(23)3)26(31)24-25(19-9-5-4-6-10-19)29(28(33)27(24)32)21-11-7-8-12-22(21)30/h4-15,17,25,30-31H,16H2,1-3H3/b26-24-. The Labute approximate surface area is 198 Å². The smallest absolute Gasteiger partial charge is 0.300 e. The average molecular weight is 458 g/mol. The maximum absolute atomic E-state index is 13.2. The van der Waals surface area contributed by atoms with Gasteiger partial charge in [0.1, 0.15) is 17.3 Å². The molecular weight excluding hydrogens is 430 g/mol. The minimum Gasteiger partial charge on any atom is -0.507 e. The number of carbonyl (C=O) groups excluding carboxylic acids is 2. The number of Topliss-reactive ketones (excluding diaryl/α,β-unsaturated/α-hetero) is 1. The molecule has 1 unspecified atom stereocenters. The SMILES string of the molecule is Cc1cc(/C(O)=C2/C(=O)C(=O)N(c3ccccc3O)C2c2ccccc2)ccc1OCC(C)C. The zero-order valence-corrected chi connectivity index (χ0v) is 19.4. The second kappa shape index (κ2) is 9.43. The van der Waals surface area contributed by atoms with Gasteiger partial charge in [-0.3, -0.25) is 14.5 Å². The molecule has 3 aromatic rings. The van der Waals surface area contributed by atoms with Crippen molar-refractivity contribution in [1.29, 1.82) is 0 Å². The average Bonchev–Trinajstić information content (AvgIpc) is 3.09. The van der Waals surface area contributed by atoms with Gasteiger partial charge in [0, 0.05) is 5.56 Å². The first-order valence-corrected chi connectivity index (χ1v) is 11.2. The van der Waals surface area contributed by atoms with E-state index in [2.05, 4.69) is 13.8 Å². The Bertz CT molecular complexity index is 1260. The number of para-hydroxylation sites is 2. The molecule has 174 valence electrons. The lowest BCUT2D eigenvalue weighted by Crippen LogP contribution is -2.29. The predicted molar refractivity (Wildman–Crippen MR) is 131 cm³/mol. The lowest BCUT2D eigenvalue weighted by atomic mass is 9.94. The summed E-state index contributed by atoms with van der Waals surface area (Å²) < 4.78 is 5.82. The molecule has 4 rings (SSSR count). The minimum atomic E-state index is -0.897. The lowest BCUT2D eigenvalue weighted by molar-refractivity contribution is -0.132. The molecule has 0 saturated carbocycles. The normalized spacial score (nSPS) is 17.4. The summed E-state index contributed by atoms with van der Waals surface area (Å²) >= 11 is 0. The molecule has 3 aromatic carbocycles. The number of hydrogen-bond donors (Lipinski definition) is 2. The molecule has 1 aliphatic heterocycles. The molecule has 0 aliphatic carbocycles. The highest BCUT2D eigenvalue weighted by molar-refractivity contribution is 6.51. The fraction of sp³-hybridized carbons (Fsp3) is 0.214. The largest absolute Gasteiger partial charge is 0.507 e. The molecule has 1 aliphatic rings. The van der Waals surface area contributed by atoms with Crippen LogP contribution in [0.2, 0.25) is 0 Å². The molecule has 1 heterocycles. The van der Waals surface area contributed by atoms with Gasteiger partial charge in [0.2, 0.25) is 0 Å². The number of ketones is 1. The highest BCUT2D eigenvalue weighted by Gasteiger charge is 2.47. The number of aliphatic hydroxyl groups is 1. The van der Waals surface area contributed by atoms with E-state index in [1.54, 1.807) is 60.7 Å². The third kappa shape index (κ3) is 4.27. The van der Waals surface area contributed by atoms with Gasteiger partial charge >= 0.3 is 0 Å². The monoisotopic (exact) mass is 457 g/mol. The van der Waals surface area contributed by atoms with Gasteiger partial charge in [-0.15, -0.1) is 0 Å². The molecule has 1 saturated heterocycles. The topological polar surface area (TPSA) is 87.1 Å². The fourth-order valence-electron chi connectivity index (χ4n) is 4.07. The van der Waals surface area contributed by atoms with E-state index >= 15 is 0 Å². The maximum atomic E-state index is 13.2. The Morgan fingerprint density at radius 3 is 2.32 bits per heavy atom. The van der Waals surface area contributed by atoms with E-state index in [1.165, 1.54) is 11.0 Å². The van der Waals surface area contributed by atoms with Crippen LogP contribution < -0.4 is 9.64 Å². The number of aryl methyl sites for hydroxylation is 1. The van der Waals surface area contributed by atoms with Crippen molar-refractivity contribution in [3.8, 4) is 11.5 Å². The lowest BCUT2D eigenvalue weighted by Gasteiger charge is -2.26. The number of phenols is 1. The molecule has 0 radical (unpaired) electrons. The Hall–Kier alpha value is -4.06. The van der Waals surface area contributed by atoms with E-state index < -0.39 is 17.7 Å². The van der Waals surface area contributed by atoms with Crippen molar-refractivity contribution in [3.05, 3.63) is 95.1 Å². The van der Waals surface area contributed by atoms with Crippen LogP contribution in [-0.4, -0.2) is 28.5 Å². The second-order valence-electron chi connectivity index (χ2n) is 8.75. The Kier molecular flexibility index (Phi) is 6.41. The zero-order chi connectivity index (χ0) is 24.4. The number of hydrogen-bond acceptors (Lipinski definition) is 5. The van der Waals surface area contributed by atoms with Crippen molar-refractivity contribution in [2.45, 2.75) is 26.8 Å². The summed E-state index contributed by atoms with van der Waals surface area (Å²) in [7, 11) is 0. The van der Waals surface area contributed by atoms with Crippen molar-refractivity contribution in [2.24, 2.45) is 5.92 Å². The van der Waals surface area contributed by atoms with E-state index in [1.807, 2.05) is 13.0 Å². The van der Waals surface area contributed by atoms with E-state index in [4.69, 9.17) is 4.74 Å².